The van der Waals surface area contributed by atoms with Crippen LogP contribution in [0.3, 0.4) is 0 Å². The zero-order valence-electron chi connectivity index (χ0n) is 16.8. The molecule has 0 radical (unpaired) electrons. The third-order valence-corrected chi connectivity index (χ3v) is 4.56. The first kappa shape index (κ1) is 24.5. The Kier molecular flexibility index (Phi) is 11.2. The molecular weight excluding hydrogens is 488 g/mol. The average molecular weight is 517 g/mol. The first-order chi connectivity index (χ1) is 13.0. The van der Waals surface area contributed by atoms with Gasteiger partial charge in [-0.3, -0.25) is 0 Å². The summed E-state index contributed by atoms with van der Waals surface area (Å²) in [5.74, 6) is 2.23. The summed E-state index contributed by atoms with van der Waals surface area (Å²) in [5, 5.41) is 6.61. The van der Waals surface area contributed by atoms with E-state index < -0.39 is 0 Å². The molecule has 2 N–H and O–H groups in total. The summed E-state index contributed by atoms with van der Waals surface area (Å²) in [6.07, 6.45) is 3.80. The number of pyridine rings is 1. The molecule has 0 aliphatic heterocycles. The van der Waals surface area contributed by atoms with Gasteiger partial charge in [-0.05, 0) is 42.5 Å². The lowest BCUT2D eigenvalue weighted by molar-refractivity contribution is 0.625. The van der Waals surface area contributed by atoms with E-state index in [0.717, 1.165) is 40.8 Å². The van der Waals surface area contributed by atoms with Crippen molar-refractivity contribution in [2.45, 2.75) is 25.8 Å². The number of hydrogen-bond acceptors (Lipinski definition) is 4. The number of hydrogen-bond donors (Lipinski definition) is 2. The molecule has 154 valence electrons. The van der Waals surface area contributed by atoms with Gasteiger partial charge in [-0.25, -0.2) is 14.4 Å². The van der Waals surface area contributed by atoms with Crippen LogP contribution in [-0.2, 0) is 18.8 Å². The lowest BCUT2D eigenvalue weighted by Gasteiger charge is -2.16. The molecule has 5 nitrogen and oxygen atoms in total. The number of thioether (sulfide) groups is 1. The maximum absolute atomic E-state index is 13.5. The van der Waals surface area contributed by atoms with Gasteiger partial charge in [-0.15, -0.1) is 24.0 Å². The SMILES string of the molecule is CCNC(=NCc1cccnc1N(C)C)NCc1ccc(F)cc1CSC.I. The zero-order chi connectivity index (χ0) is 19.6. The Labute approximate surface area is 188 Å². The van der Waals surface area contributed by atoms with E-state index in [-0.39, 0.29) is 29.8 Å². The average Bonchev–Trinajstić information content (AvgIpc) is 2.65. The zero-order valence-corrected chi connectivity index (χ0v) is 20.0. The molecule has 0 saturated carbocycles. The van der Waals surface area contributed by atoms with Gasteiger partial charge in [0.05, 0.1) is 6.54 Å². The van der Waals surface area contributed by atoms with Crippen LogP contribution in [-0.4, -0.2) is 37.8 Å². The Balaban J connectivity index is 0.00000392. The van der Waals surface area contributed by atoms with Gasteiger partial charge in [0.15, 0.2) is 5.96 Å². The highest BCUT2D eigenvalue weighted by Gasteiger charge is 2.07. The first-order valence-electron chi connectivity index (χ1n) is 8.94. The highest BCUT2D eigenvalue weighted by molar-refractivity contribution is 14.0. The van der Waals surface area contributed by atoms with E-state index in [2.05, 4.69) is 20.6 Å². The maximum atomic E-state index is 13.5. The van der Waals surface area contributed by atoms with Gasteiger partial charge in [0.1, 0.15) is 11.6 Å². The number of benzene rings is 1. The third-order valence-electron chi connectivity index (χ3n) is 3.96. The van der Waals surface area contributed by atoms with Crippen LogP contribution < -0.4 is 15.5 Å². The molecule has 0 atom stereocenters. The van der Waals surface area contributed by atoms with Crippen LogP contribution in [0.4, 0.5) is 10.2 Å². The molecule has 2 rings (SSSR count). The molecule has 28 heavy (non-hydrogen) atoms. The summed E-state index contributed by atoms with van der Waals surface area (Å²) in [6.45, 7) is 3.91. The maximum Gasteiger partial charge on any atom is 0.191 e. The fourth-order valence-electron chi connectivity index (χ4n) is 2.70. The van der Waals surface area contributed by atoms with Crippen LogP contribution in [0.15, 0.2) is 41.5 Å². The fraction of sp³-hybridized carbons (Fsp3) is 0.400. The summed E-state index contributed by atoms with van der Waals surface area (Å²) in [7, 11) is 3.95. The lowest BCUT2D eigenvalue weighted by atomic mass is 10.1. The number of halogens is 2. The van der Waals surface area contributed by atoms with Crippen molar-refractivity contribution in [3.63, 3.8) is 0 Å². The second kappa shape index (κ2) is 12.8. The molecule has 1 aromatic heterocycles. The van der Waals surface area contributed by atoms with Crippen LogP contribution in [0, 0.1) is 5.82 Å². The third kappa shape index (κ3) is 7.46. The summed E-state index contributed by atoms with van der Waals surface area (Å²) >= 11 is 1.68. The molecule has 1 aromatic carbocycles. The second-order valence-corrected chi connectivity index (χ2v) is 7.14. The molecule has 2 aromatic rings. The quantitative estimate of drug-likeness (QED) is 0.315. The Morgan fingerprint density at radius 2 is 1.96 bits per heavy atom. The van der Waals surface area contributed by atoms with Crippen molar-refractivity contribution >= 4 is 47.5 Å². The van der Waals surface area contributed by atoms with Gasteiger partial charge in [-0.1, -0.05) is 12.1 Å². The molecule has 0 fully saturated rings. The number of guanidine groups is 1. The van der Waals surface area contributed by atoms with E-state index in [4.69, 9.17) is 0 Å². The number of nitrogens with zero attached hydrogens (tertiary/aromatic N) is 3. The van der Waals surface area contributed by atoms with Crippen LogP contribution in [0.5, 0.6) is 0 Å². The van der Waals surface area contributed by atoms with Gasteiger partial charge in [0, 0.05) is 44.7 Å². The van der Waals surface area contributed by atoms with Crippen LogP contribution in [0.1, 0.15) is 23.6 Å². The van der Waals surface area contributed by atoms with Crippen molar-refractivity contribution in [1.29, 1.82) is 0 Å². The predicted molar refractivity (Wildman–Crippen MR) is 129 cm³/mol. The molecule has 8 heteroatoms. The molecular formula is C20H29FIN5S. The second-order valence-electron chi connectivity index (χ2n) is 6.28. The summed E-state index contributed by atoms with van der Waals surface area (Å²) in [6, 6.07) is 8.90. The van der Waals surface area contributed by atoms with Crippen molar-refractivity contribution in [2.24, 2.45) is 4.99 Å². The molecule has 0 aliphatic carbocycles. The monoisotopic (exact) mass is 517 g/mol. The Morgan fingerprint density at radius 3 is 2.64 bits per heavy atom. The molecule has 0 bridgehead atoms. The number of anilines is 1. The molecule has 0 spiro atoms. The molecule has 0 amide bonds. The van der Waals surface area contributed by atoms with Gasteiger partial charge in [0.25, 0.3) is 0 Å². The van der Waals surface area contributed by atoms with E-state index in [9.17, 15) is 4.39 Å². The van der Waals surface area contributed by atoms with Gasteiger partial charge >= 0.3 is 0 Å². The number of aromatic nitrogens is 1. The van der Waals surface area contributed by atoms with Crippen molar-refractivity contribution < 1.29 is 4.39 Å². The van der Waals surface area contributed by atoms with E-state index >= 15 is 0 Å². The smallest absolute Gasteiger partial charge is 0.191 e. The number of aliphatic imine (C=N–C) groups is 1. The largest absolute Gasteiger partial charge is 0.362 e. The highest BCUT2D eigenvalue weighted by Crippen LogP contribution is 2.17. The van der Waals surface area contributed by atoms with E-state index in [1.54, 1.807) is 24.0 Å². The Morgan fingerprint density at radius 1 is 1.18 bits per heavy atom. The minimum Gasteiger partial charge on any atom is -0.362 e. The van der Waals surface area contributed by atoms with Crippen molar-refractivity contribution in [3.05, 3.63) is 59.0 Å². The highest BCUT2D eigenvalue weighted by atomic mass is 127. The van der Waals surface area contributed by atoms with Crippen molar-refractivity contribution in [3.8, 4) is 0 Å². The standard InChI is InChI=1S/C20H28FN5S.HI/c1-5-22-20(25-13-16-7-6-10-23-19(16)26(2)3)24-12-15-8-9-18(21)11-17(15)14-27-4;/h6-11H,5,12-14H2,1-4H3,(H2,22,24,25);1H. The van der Waals surface area contributed by atoms with Crippen LogP contribution in [0.25, 0.3) is 0 Å². The molecule has 0 aliphatic rings. The minimum atomic E-state index is -0.198. The lowest BCUT2D eigenvalue weighted by Crippen LogP contribution is -2.37. The van der Waals surface area contributed by atoms with Crippen molar-refractivity contribution in [1.82, 2.24) is 15.6 Å². The van der Waals surface area contributed by atoms with Gasteiger partial charge in [0.2, 0.25) is 0 Å². The van der Waals surface area contributed by atoms with Crippen LogP contribution in [0.2, 0.25) is 0 Å². The summed E-state index contributed by atoms with van der Waals surface area (Å²) in [5.41, 5.74) is 3.14. The minimum absolute atomic E-state index is 0. The van der Waals surface area contributed by atoms with Gasteiger partial charge < -0.3 is 15.5 Å². The Bertz CT molecular complexity index is 770. The van der Waals surface area contributed by atoms with Crippen molar-refractivity contribution in [2.75, 3.05) is 31.8 Å². The number of nitrogens with one attached hydrogen (secondary N) is 2. The molecule has 1 heterocycles. The molecule has 0 unspecified atom stereocenters. The normalized spacial score (nSPS) is 11.0. The first-order valence-corrected chi connectivity index (χ1v) is 10.3. The summed E-state index contributed by atoms with van der Waals surface area (Å²) < 4.78 is 13.5. The van der Waals surface area contributed by atoms with Gasteiger partial charge in [-0.2, -0.15) is 11.8 Å². The van der Waals surface area contributed by atoms with Crippen LogP contribution >= 0.6 is 35.7 Å². The number of rotatable bonds is 8. The Hall–Kier alpha value is -1.55. The van der Waals surface area contributed by atoms with E-state index in [1.807, 2.05) is 50.4 Å². The van der Waals surface area contributed by atoms with E-state index in [0.29, 0.717) is 13.1 Å². The predicted octanol–water partition coefficient (Wildman–Crippen LogP) is 4.02. The molecule has 0 saturated heterocycles. The topological polar surface area (TPSA) is 52.6 Å². The fourth-order valence-corrected chi connectivity index (χ4v) is 3.28. The van der Waals surface area contributed by atoms with E-state index in [1.165, 1.54) is 6.07 Å². The summed E-state index contributed by atoms with van der Waals surface area (Å²) in [4.78, 5) is 11.1.